The molecule has 0 radical (unpaired) electrons. The molecule has 4 heteroatoms. The first-order valence-electron chi connectivity index (χ1n) is 6.57. The van der Waals surface area contributed by atoms with E-state index in [-0.39, 0.29) is 16.9 Å². The third-order valence-corrected chi connectivity index (χ3v) is 3.16. The summed E-state index contributed by atoms with van der Waals surface area (Å²) in [4.78, 5) is 0. The number of hydrogen-bond donors (Lipinski definition) is 0. The monoisotopic (exact) mass is 290 g/mol. The fourth-order valence-corrected chi connectivity index (χ4v) is 2.14. The average Bonchev–Trinajstić information content (AvgIpc) is 2.58. The molecular formula is C18H14N2O2. The van der Waals surface area contributed by atoms with Gasteiger partial charge in [0.05, 0.1) is 19.8 Å². The number of methoxy groups -OCH3 is 2. The van der Waals surface area contributed by atoms with E-state index >= 15 is 0 Å². The van der Waals surface area contributed by atoms with Crippen LogP contribution in [0.2, 0.25) is 0 Å². The maximum atomic E-state index is 9.23. The minimum absolute atomic E-state index is 0.179. The lowest BCUT2D eigenvalue weighted by molar-refractivity contribution is 0.353. The SMILES string of the molecule is COc1c(C=Cc2ccccc2)cc(C#N)c(C#N)c1OC. The number of hydrogen-bond acceptors (Lipinski definition) is 4. The Kier molecular flexibility index (Phi) is 4.80. The fraction of sp³-hybridized carbons (Fsp3) is 0.111. The molecule has 0 aliphatic carbocycles. The van der Waals surface area contributed by atoms with Crippen LogP contribution in [-0.2, 0) is 0 Å². The Morgan fingerprint density at radius 3 is 2.14 bits per heavy atom. The van der Waals surface area contributed by atoms with Gasteiger partial charge < -0.3 is 9.47 Å². The maximum absolute atomic E-state index is 9.23. The van der Waals surface area contributed by atoms with Crippen LogP contribution >= 0.6 is 0 Å². The van der Waals surface area contributed by atoms with Gasteiger partial charge in [-0.25, -0.2) is 0 Å². The number of ether oxygens (including phenoxy) is 2. The van der Waals surface area contributed by atoms with E-state index in [9.17, 15) is 10.5 Å². The van der Waals surface area contributed by atoms with Crippen LogP contribution in [0.3, 0.4) is 0 Å². The van der Waals surface area contributed by atoms with Crippen LogP contribution < -0.4 is 9.47 Å². The number of rotatable bonds is 4. The molecule has 0 saturated heterocycles. The van der Waals surface area contributed by atoms with Crippen molar-refractivity contribution in [1.29, 1.82) is 10.5 Å². The Labute approximate surface area is 129 Å². The molecule has 0 aromatic heterocycles. The molecule has 0 unspecified atom stereocenters. The van der Waals surface area contributed by atoms with Crippen molar-refractivity contribution in [1.82, 2.24) is 0 Å². The molecule has 0 amide bonds. The first kappa shape index (κ1) is 15.2. The predicted molar refractivity (Wildman–Crippen MR) is 84.3 cm³/mol. The second kappa shape index (κ2) is 6.97. The summed E-state index contributed by atoms with van der Waals surface area (Å²) in [6, 6.07) is 15.4. The highest BCUT2D eigenvalue weighted by Gasteiger charge is 2.18. The van der Waals surface area contributed by atoms with Gasteiger partial charge in [-0.15, -0.1) is 0 Å². The summed E-state index contributed by atoms with van der Waals surface area (Å²) in [7, 11) is 2.95. The van der Waals surface area contributed by atoms with E-state index in [2.05, 4.69) is 0 Å². The zero-order valence-corrected chi connectivity index (χ0v) is 12.3. The third-order valence-electron chi connectivity index (χ3n) is 3.16. The number of nitrogens with zero attached hydrogens (tertiary/aromatic N) is 2. The van der Waals surface area contributed by atoms with Crippen LogP contribution in [-0.4, -0.2) is 14.2 Å². The van der Waals surface area contributed by atoms with E-state index < -0.39 is 0 Å². The van der Waals surface area contributed by atoms with Crippen molar-refractivity contribution < 1.29 is 9.47 Å². The first-order valence-corrected chi connectivity index (χ1v) is 6.57. The fourth-order valence-electron chi connectivity index (χ4n) is 2.14. The Bertz CT molecular complexity index is 781. The van der Waals surface area contributed by atoms with E-state index in [1.807, 2.05) is 54.6 Å². The molecule has 2 aromatic carbocycles. The molecule has 0 aliphatic heterocycles. The molecular weight excluding hydrogens is 276 g/mol. The quantitative estimate of drug-likeness (QED) is 0.807. The normalized spacial score (nSPS) is 10.0. The van der Waals surface area contributed by atoms with Gasteiger partial charge in [-0.2, -0.15) is 10.5 Å². The summed E-state index contributed by atoms with van der Waals surface area (Å²) >= 11 is 0. The van der Waals surface area contributed by atoms with Crippen LogP contribution in [0, 0.1) is 22.7 Å². The highest BCUT2D eigenvalue weighted by atomic mass is 16.5. The molecule has 22 heavy (non-hydrogen) atoms. The summed E-state index contributed by atoms with van der Waals surface area (Å²) in [6.45, 7) is 0. The topological polar surface area (TPSA) is 66.0 Å². The zero-order valence-electron chi connectivity index (χ0n) is 12.3. The first-order chi connectivity index (χ1) is 10.7. The summed E-state index contributed by atoms with van der Waals surface area (Å²) in [5, 5.41) is 18.4. The van der Waals surface area contributed by atoms with Gasteiger partial charge in [0, 0.05) is 5.56 Å². The summed E-state index contributed by atoms with van der Waals surface area (Å²) in [6.07, 6.45) is 3.74. The van der Waals surface area contributed by atoms with Crippen molar-refractivity contribution in [2.45, 2.75) is 0 Å². The molecule has 108 valence electrons. The molecule has 2 rings (SSSR count). The molecule has 4 nitrogen and oxygen atoms in total. The Hall–Kier alpha value is -3.24. The number of nitriles is 2. The van der Waals surface area contributed by atoms with Crippen molar-refractivity contribution in [3.05, 3.63) is 58.7 Å². The van der Waals surface area contributed by atoms with Gasteiger partial charge in [0.15, 0.2) is 11.5 Å². The molecule has 0 aliphatic rings. The highest BCUT2D eigenvalue weighted by Crippen LogP contribution is 2.37. The van der Waals surface area contributed by atoms with Gasteiger partial charge >= 0.3 is 0 Å². The molecule has 0 heterocycles. The minimum atomic E-state index is 0.179. The van der Waals surface area contributed by atoms with Gasteiger partial charge in [0.25, 0.3) is 0 Å². The van der Waals surface area contributed by atoms with Gasteiger partial charge in [0.2, 0.25) is 0 Å². The van der Waals surface area contributed by atoms with Crippen molar-refractivity contribution in [2.75, 3.05) is 14.2 Å². The van der Waals surface area contributed by atoms with Crippen LogP contribution in [0.15, 0.2) is 36.4 Å². The lowest BCUT2D eigenvalue weighted by Crippen LogP contribution is -1.99. The number of benzene rings is 2. The molecule has 2 aromatic rings. The lowest BCUT2D eigenvalue weighted by atomic mass is 10.0. The van der Waals surface area contributed by atoms with E-state index in [1.54, 1.807) is 6.07 Å². The molecule has 0 atom stereocenters. The molecule has 0 fully saturated rings. The van der Waals surface area contributed by atoms with Crippen LogP contribution in [0.1, 0.15) is 22.3 Å². The molecule has 0 bridgehead atoms. The summed E-state index contributed by atoms with van der Waals surface area (Å²) < 4.78 is 10.6. The Morgan fingerprint density at radius 1 is 0.909 bits per heavy atom. The van der Waals surface area contributed by atoms with E-state index in [1.165, 1.54) is 14.2 Å². The van der Waals surface area contributed by atoms with Gasteiger partial charge in [-0.3, -0.25) is 0 Å². The smallest absolute Gasteiger partial charge is 0.180 e. The lowest BCUT2D eigenvalue weighted by Gasteiger charge is -2.13. The van der Waals surface area contributed by atoms with Crippen LogP contribution in [0.25, 0.3) is 12.2 Å². The van der Waals surface area contributed by atoms with Crippen molar-refractivity contribution >= 4 is 12.2 Å². The second-order valence-corrected chi connectivity index (χ2v) is 4.42. The van der Waals surface area contributed by atoms with Crippen LogP contribution in [0.4, 0.5) is 0 Å². The highest BCUT2D eigenvalue weighted by molar-refractivity contribution is 5.77. The van der Waals surface area contributed by atoms with Gasteiger partial charge in [0.1, 0.15) is 17.7 Å². The van der Waals surface area contributed by atoms with E-state index in [4.69, 9.17) is 9.47 Å². The largest absolute Gasteiger partial charge is 0.492 e. The molecule has 0 N–H and O–H groups in total. The summed E-state index contributed by atoms with van der Waals surface area (Å²) in [5.41, 5.74) is 2.14. The minimum Gasteiger partial charge on any atom is -0.492 e. The van der Waals surface area contributed by atoms with Crippen LogP contribution in [0.5, 0.6) is 11.5 Å². The molecule has 0 saturated carbocycles. The zero-order chi connectivity index (χ0) is 15.9. The molecule has 0 spiro atoms. The standard InChI is InChI=1S/C18H14N2O2/c1-21-17-14(9-8-13-6-4-3-5-7-13)10-15(11-19)16(12-20)18(17)22-2/h3-10H,1-2H3. The van der Waals surface area contributed by atoms with Crippen molar-refractivity contribution in [2.24, 2.45) is 0 Å². The predicted octanol–water partition coefficient (Wildman–Crippen LogP) is 3.62. The second-order valence-electron chi connectivity index (χ2n) is 4.42. The summed E-state index contributed by atoms with van der Waals surface area (Å²) in [5.74, 6) is 0.710. The van der Waals surface area contributed by atoms with Crippen molar-refractivity contribution in [3.8, 4) is 23.6 Å². The maximum Gasteiger partial charge on any atom is 0.180 e. The average molecular weight is 290 g/mol. The Morgan fingerprint density at radius 2 is 1.59 bits per heavy atom. The van der Waals surface area contributed by atoms with Gasteiger partial charge in [-0.1, -0.05) is 42.5 Å². The van der Waals surface area contributed by atoms with E-state index in [0.717, 1.165) is 5.56 Å². The van der Waals surface area contributed by atoms with E-state index in [0.29, 0.717) is 11.3 Å². The third kappa shape index (κ3) is 2.92. The van der Waals surface area contributed by atoms with Crippen molar-refractivity contribution in [3.63, 3.8) is 0 Å². The van der Waals surface area contributed by atoms with Gasteiger partial charge in [-0.05, 0) is 11.6 Å². The Balaban J connectivity index is 2.59.